The number of urea groups is 1. The first-order valence-electron chi connectivity index (χ1n) is 9.14. The Balaban J connectivity index is 1.54. The lowest BCUT2D eigenvalue weighted by Crippen LogP contribution is -2.52. The molecule has 1 fully saturated rings. The maximum atomic E-state index is 12.5. The molecule has 0 radical (unpaired) electrons. The highest BCUT2D eigenvalue weighted by atomic mass is 16.2. The molecule has 5 heteroatoms. The SMILES string of the molecule is CCc1ccc(C2=CCN(C(=O)N[C@H]3CCC(=O)N(C)C3)CC2)cc1. The first-order chi connectivity index (χ1) is 12.1. The summed E-state index contributed by atoms with van der Waals surface area (Å²) in [4.78, 5) is 27.5. The topological polar surface area (TPSA) is 52.7 Å². The number of nitrogens with zero attached hydrogens (tertiary/aromatic N) is 2. The number of likely N-dealkylation sites (N-methyl/N-ethyl adjacent to an activating group) is 1. The molecular formula is C20H27N3O2. The zero-order valence-electron chi connectivity index (χ0n) is 15.1. The molecule has 3 rings (SSSR count). The van der Waals surface area contributed by atoms with Crippen molar-refractivity contribution in [2.24, 2.45) is 0 Å². The molecule has 25 heavy (non-hydrogen) atoms. The van der Waals surface area contributed by atoms with Gasteiger partial charge in [0, 0.05) is 39.1 Å². The molecule has 2 aliphatic heterocycles. The zero-order valence-corrected chi connectivity index (χ0v) is 15.1. The third kappa shape index (κ3) is 4.21. The summed E-state index contributed by atoms with van der Waals surface area (Å²) in [6.07, 6.45) is 5.32. The van der Waals surface area contributed by atoms with Crippen LogP contribution in [0, 0.1) is 0 Å². The number of hydrogen-bond acceptors (Lipinski definition) is 2. The number of aryl methyl sites for hydroxylation is 1. The largest absolute Gasteiger partial charge is 0.344 e. The molecule has 3 amide bonds. The third-order valence-electron chi connectivity index (χ3n) is 5.18. The van der Waals surface area contributed by atoms with Crippen molar-refractivity contribution in [2.75, 3.05) is 26.7 Å². The predicted molar refractivity (Wildman–Crippen MR) is 99.2 cm³/mol. The Morgan fingerprint density at radius 2 is 2.00 bits per heavy atom. The Morgan fingerprint density at radius 1 is 1.24 bits per heavy atom. The van der Waals surface area contributed by atoms with Crippen molar-refractivity contribution < 1.29 is 9.59 Å². The maximum absolute atomic E-state index is 12.5. The van der Waals surface area contributed by atoms with Gasteiger partial charge >= 0.3 is 6.03 Å². The van der Waals surface area contributed by atoms with Crippen LogP contribution < -0.4 is 5.32 Å². The molecule has 0 aromatic heterocycles. The quantitative estimate of drug-likeness (QED) is 0.919. The minimum atomic E-state index is -0.0237. The second-order valence-corrected chi connectivity index (χ2v) is 6.94. The second-order valence-electron chi connectivity index (χ2n) is 6.94. The van der Waals surface area contributed by atoms with Gasteiger partial charge in [-0.25, -0.2) is 4.79 Å². The number of rotatable bonds is 3. The maximum Gasteiger partial charge on any atom is 0.317 e. The number of carbonyl (C=O) groups excluding carboxylic acids is 2. The standard InChI is InChI=1S/C20H27N3O2/c1-3-15-4-6-16(7-5-15)17-10-12-23(13-11-17)20(25)21-18-8-9-19(24)22(2)14-18/h4-7,10,18H,3,8-9,11-14H2,1-2H3,(H,21,25)/t18-/m0/s1. The van der Waals surface area contributed by atoms with Crippen molar-refractivity contribution in [1.29, 1.82) is 0 Å². The van der Waals surface area contributed by atoms with Gasteiger partial charge in [-0.1, -0.05) is 37.3 Å². The Hall–Kier alpha value is -2.30. The molecule has 1 aromatic rings. The van der Waals surface area contributed by atoms with Crippen molar-refractivity contribution in [2.45, 2.75) is 38.6 Å². The van der Waals surface area contributed by atoms with Crippen molar-refractivity contribution in [3.8, 4) is 0 Å². The average molecular weight is 341 g/mol. The molecule has 0 unspecified atom stereocenters. The molecule has 1 atom stereocenters. The highest BCUT2D eigenvalue weighted by molar-refractivity contribution is 5.79. The van der Waals surface area contributed by atoms with E-state index in [0.29, 0.717) is 19.5 Å². The van der Waals surface area contributed by atoms with Crippen LogP contribution in [0.15, 0.2) is 30.3 Å². The first kappa shape index (κ1) is 17.5. The van der Waals surface area contributed by atoms with Crippen LogP contribution in [0.3, 0.4) is 0 Å². The summed E-state index contributed by atoms with van der Waals surface area (Å²) in [5.41, 5.74) is 3.91. The number of amides is 3. The van der Waals surface area contributed by atoms with Gasteiger partial charge in [0.2, 0.25) is 5.91 Å². The van der Waals surface area contributed by atoms with E-state index in [1.807, 2.05) is 4.90 Å². The van der Waals surface area contributed by atoms with E-state index in [1.165, 1.54) is 16.7 Å². The van der Waals surface area contributed by atoms with E-state index in [4.69, 9.17) is 0 Å². The van der Waals surface area contributed by atoms with E-state index in [2.05, 4.69) is 42.6 Å². The summed E-state index contributed by atoms with van der Waals surface area (Å²) in [5.74, 6) is 0.158. The van der Waals surface area contributed by atoms with Crippen LogP contribution in [-0.2, 0) is 11.2 Å². The summed E-state index contributed by atoms with van der Waals surface area (Å²) < 4.78 is 0. The van der Waals surface area contributed by atoms with Crippen molar-refractivity contribution in [1.82, 2.24) is 15.1 Å². The molecule has 2 heterocycles. The second kappa shape index (κ2) is 7.72. The zero-order chi connectivity index (χ0) is 17.8. The average Bonchev–Trinajstić information content (AvgIpc) is 2.65. The Morgan fingerprint density at radius 3 is 2.60 bits per heavy atom. The molecule has 0 bridgehead atoms. The summed E-state index contributed by atoms with van der Waals surface area (Å²) in [7, 11) is 1.79. The lowest BCUT2D eigenvalue weighted by molar-refractivity contribution is -0.132. The number of piperidine rings is 1. The summed E-state index contributed by atoms with van der Waals surface area (Å²) in [6.45, 7) is 4.13. The fourth-order valence-electron chi connectivity index (χ4n) is 3.47. The summed E-state index contributed by atoms with van der Waals surface area (Å²) in [6, 6.07) is 8.74. The molecule has 1 aromatic carbocycles. The van der Waals surface area contributed by atoms with Crippen LogP contribution in [0.1, 0.15) is 37.3 Å². The van der Waals surface area contributed by atoms with Crippen molar-refractivity contribution >= 4 is 17.5 Å². The van der Waals surface area contributed by atoms with Crippen LogP contribution in [0.25, 0.3) is 5.57 Å². The fourth-order valence-corrected chi connectivity index (χ4v) is 3.47. The van der Waals surface area contributed by atoms with E-state index < -0.39 is 0 Å². The summed E-state index contributed by atoms with van der Waals surface area (Å²) >= 11 is 0. The van der Waals surface area contributed by atoms with Crippen LogP contribution >= 0.6 is 0 Å². The number of nitrogens with one attached hydrogen (secondary N) is 1. The third-order valence-corrected chi connectivity index (χ3v) is 5.18. The van der Waals surface area contributed by atoms with Gasteiger partial charge in [0.05, 0.1) is 0 Å². The van der Waals surface area contributed by atoms with Gasteiger partial charge in [-0.2, -0.15) is 0 Å². The van der Waals surface area contributed by atoms with Crippen molar-refractivity contribution in [3.05, 3.63) is 41.5 Å². The van der Waals surface area contributed by atoms with Gasteiger partial charge < -0.3 is 15.1 Å². The predicted octanol–water partition coefficient (Wildman–Crippen LogP) is 2.67. The van der Waals surface area contributed by atoms with Gasteiger partial charge in [-0.15, -0.1) is 0 Å². The van der Waals surface area contributed by atoms with E-state index in [9.17, 15) is 9.59 Å². The van der Waals surface area contributed by atoms with Crippen LogP contribution in [-0.4, -0.2) is 54.5 Å². The van der Waals surface area contributed by atoms with Gasteiger partial charge in [0.25, 0.3) is 0 Å². The van der Waals surface area contributed by atoms with Gasteiger partial charge in [0.1, 0.15) is 0 Å². The molecule has 0 spiro atoms. The molecule has 2 aliphatic rings. The smallest absolute Gasteiger partial charge is 0.317 e. The number of hydrogen-bond donors (Lipinski definition) is 1. The molecule has 134 valence electrons. The normalized spacial score (nSPS) is 21.1. The van der Waals surface area contributed by atoms with Gasteiger partial charge in [-0.3, -0.25) is 4.79 Å². The molecule has 0 saturated carbocycles. The fraction of sp³-hybridized carbons (Fsp3) is 0.500. The van der Waals surface area contributed by atoms with E-state index >= 15 is 0 Å². The van der Waals surface area contributed by atoms with E-state index in [1.54, 1.807) is 11.9 Å². The summed E-state index contributed by atoms with van der Waals surface area (Å²) in [5, 5.41) is 3.07. The van der Waals surface area contributed by atoms with E-state index in [-0.39, 0.29) is 18.0 Å². The minimum Gasteiger partial charge on any atom is -0.344 e. The highest BCUT2D eigenvalue weighted by Crippen LogP contribution is 2.23. The molecule has 0 aliphatic carbocycles. The number of benzene rings is 1. The molecule has 5 nitrogen and oxygen atoms in total. The van der Waals surface area contributed by atoms with Crippen LogP contribution in [0.4, 0.5) is 4.79 Å². The highest BCUT2D eigenvalue weighted by Gasteiger charge is 2.26. The van der Waals surface area contributed by atoms with E-state index in [0.717, 1.165) is 25.8 Å². The van der Waals surface area contributed by atoms with Crippen molar-refractivity contribution in [3.63, 3.8) is 0 Å². The molecular weight excluding hydrogens is 314 g/mol. The number of carbonyl (C=O) groups is 2. The Kier molecular flexibility index (Phi) is 5.41. The van der Waals surface area contributed by atoms with Gasteiger partial charge in [-0.05, 0) is 36.0 Å². The minimum absolute atomic E-state index is 0.0237. The first-order valence-corrected chi connectivity index (χ1v) is 9.14. The Bertz CT molecular complexity index is 666. The molecule has 1 N–H and O–H groups in total. The lowest BCUT2D eigenvalue weighted by Gasteiger charge is -2.33. The lowest BCUT2D eigenvalue weighted by atomic mass is 9.98. The van der Waals surface area contributed by atoms with Crippen LogP contribution in [0.2, 0.25) is 0 Å². The molecule has 1 saturated heterocycles. The Labute approximate surface area is 149 Å². The van der Waals surface area contributed by atoms with Gasteiger partial charge in [0.15, 0.2) is 0 Å². The number of likely N-dealkylation sites (tertiary alicyclic amines) is 1. The monoisotopic (exact) mass is 341 g/mol. The van der Waals surface area contributed by atoms with Crippen LogP contribution in [0.5, 0.6) is 0 Å².